The van der Waals surface area contributed by atoms with Gasteiger partial charge in [-0.05, 0) is 67.9 Å². The topological polar surface area (TPSA) is 97.0 Å². The number of benzene rings is 2. The van der Waals surface area contributed by atoms with E-state index in [1.807, 2.05) is 43.0 Å². The van der Waals surface area contributed by atoms with Crippen LogP contribution in [0.1, 0.15) is 72.5 Å². The highest BCUT2D eigenvalue weighted by atomic mass is 35.5. The van der Waals surface area contributed by atoms with Crippen molar-refractivity contribution in [2.45, 2.75) is 71.5 Å². The van der Waals surface area contributed by atoms with Crippen molar-refractivity contribution >= 4 is 35.2 Å². The van der Waals surface area contributed by atoms with Crippen LogP contribution >= 0.6 is 11.6 Å². The number of hydrogen-bond donors (Lipinski definition) is 2. The van der Waals surface area contributed by atoms with Crippen LogP contribution in [-0.2, 0) is 22.6 Å². The molecule has 2 aromatic rings. The van der Waals surface area contributed by atoms with E-state index in [-0.39, 0.29) is 30.3 Å². The minimum Gasteiger partial charge on any atom is -0.496 e. The number of methoxy groups -OCH3 is 1. The van der Waals surface area contributed by atoms with Gasteiger partial charge in [-0.15, -0.1) is 0 Å². The predicted molar refractivity (Wildman–Crippen MR) is 147 cm³/mol. The molecule has 1 aliphatic carbocycles. The van der Waals surface area contributed by atoms with Gasteiger partial charge in [0.05, 0.1) is 24.3 Å². The van der Waals surface area contributed by atoms with E-state index >= 15 is 0 Å². The summed E-state index contributed by atoms with van der Waals surface area (Å²) in [6.07, 6.45) is 4.18. The minimum absolute atomic E-state index is 0.00683. The van der Waals surface area contributed by atoms with Crippen molar-refractivity contribution in [3.63, 3.8) is 0 Å². The number of nitrogens with zero attached hydrogens (tertiary/aromatic N) is 1. The quantitative estimate of drug-likeness (QED) is 0.389. The van der Waals surface area contributed by atoms with Gasteiger partial charge in [0.2, 0.25) is 5.91 Å². The lowest BCUT2D eigenvalue weighted by atomic mass is 9.84. The molecule has 0 aromatic heterocycles. The predicted octanol–water partition coefficient (Wildman–Crippen LogP) is 5.84. The number of carbonyl (C=O) groups is 3. The van der Waals surface area contributed by atoms with Gasteiger partial charge in [-0.25, -0.2) is 4.79 Å². The number of aryl methyl sites for hydroxylation is 1. The molecule has 0 spiro atoms. The molecule has 2 aromatic carbocycles. The van der Waals surface area contributed by atoms with E-state index < -0.39 is 6.09 Å². The maximum Gasteiger partial charge on any atom is 0.407 e. The van der Waals surface area contributed by atoms with Crippen molar-refractivity contribution in [2.24, 2.45) is 5.92 Å². The second-order valence-corrected chi connectivity index (χ2v) is 10.4. The summed E-state index contributed by atoms with van der Waals surface area (Å²) in [6, 6.07) is 9.23. The molecule has 1 aliphatic heterocycles. The fourth-order valence-corrected chi connectivity index (χ4v) is 5.50. The Morgan fingerprint density at radius 2 is 1.89 bits per heavy atom. The number of anilines is 1. The smallest absolute Gasteiger partial charge is 0.407 e. The van der Waals surface area contributed by atoms with Crippen LogP contribution in [0.15, 0.2) is 30.3 Å². The fraction of sp³-hybridized carbons (Fsp3) is 0.483. The zero-order chi connectivity index (χ0) is 27.2. The molecule has 0 unspecified atom stereocenters. The van der Waals surface area contributed by atoms with Crippen molar-refractivity contribution < 1.29 is 23.9 Å². The van der Waals surface area contributed by atoms with E-state index in [4.69, 9.17) is 21.1 Å². The summed E-state index contributed by atoms with van der Waals surface area (Å²) in [5, 5.41) is 6.21. The first-order chi connectivity index (χ1) is 18.3. The normalized spacial score (nSPS) is 18.6. The average molecular weight is 542 g/mol. The van der Waals surface area contributed by atoms with Crippen LogP contribution in [0.2, 0.25) is 5.02 Å². The van der Waals surface area contributed by atoms with Crippen molar-refractivity contribution in [1.29, 1.82) is 0 Å². The third kappa shape index (κ3) is 6.23. The molecular formula is C29H36ClN3O5. The van der Waals surface area contributed by atoms with Gasteiger partial charge in [0.1, 0.15) is 5.75 Å². The molecule has 0 saturated heterocycles. The van der Waals surface area contributed by atoms with Gasteiger partial charge in [-0.3, -0.25) is 9.59 Å². The number of alkyl carbamates (subject to hydrolysis) is 1. The van der Waals surface area contributed by atoms with Crippen molar-refractivity contribution in [3.05, 3.63) is 57.6 Å². The number of halogens is 1. The molecule has 0 atom stereocenters. The lowest BCUT2D eigenvalue weighted by Crippen LogP contribution is -2.40. The Hall–Kier alpha value is -3.26. The Labute approximate surface area is 229 Å². The van der Waals surface area contributed by atoms with Crippen LogP contribution in [0.25, 0.3) is 0 Å². The summed E-state index contributed by atoms with van der Waals surface area (Å²) in [5.41, 5.74) is 3.94. The minimum atomic E-state index is -0.469. The van der Waals surface area contributed by atoms with Gasteiger partial charge in [-0.1, -0.05) is 37.1 Å². The van der Waals surface area contributed by atoms with Crippen LogP contribution in [0.5, 0.6) is 5.75 Å². The van der Waals surface area contributed by atoms with Crippen molar-refractivity contribution in [1.82, 2.24) is 10.2 Å². The summed E-state index contributed by atoms with van der Waals surface area (Å²) in [6.45, 7) is 5.08. The Morgan fingerprint density at radius 3 is 2.61 bits per heavy atom. The van der Waals surface area contributed by atoms with Crippen molar-refractivity contribution in [3.8, 4) is 5.75 Å². The van der Waals surface area contributed by atoms with Crippen LogP contribution in [-0.4, -0.2) is 42.6 Å². The Morgan fingerprint density at radius 1 is 1.13 bits per heavy atom. The SMILES string of the molecule is CCCCOC(=O)NCc1ccc(Cl)c2c1CN(C1CCC(C(=O)Nc3ccc(C)c(OC)c3)CC1)C2=O. The van der Waals surface area contributed by atoms with E-state index in [1.165, 1.54) is 0 Å². The number of amides is 3. The van der Waals surface area contributed by atoms with Gasteiger partial charge >= 0.3 is 6.09 Å². The molecule has 38 heavy (non-hydrogen) atoms. The molecule has 2 aliphatic rings. The molecule has 204 valence electrons. The summed E-state index contributed by atoms with van der Waals surface area (Å²) < 4.78 is 10.5. The first-order valence-corrected chi connectivity index (χ1v) is 13.7. The van der Waals surface area contributed by atoms with Gasteiger partial charge in [0.15, 0.2) is 0 Å². The van der Waals surface area contributed by atoms with Crippen LogP contribution in [0.4, 0.5) is 10.5 Å². The molecule has 8 nitrogen and oxygen atoms in total. The molecular weight excluding hydrogens is 506 g/mol. The highest BCUT2D eigenvalue weighted by Crippen LogP contribution is 2.37. The summed E-state index contributed by atoms with van der Waals surface area (Å²) in [4.78, 5) is 40.2. The van der Waals surface area contributed by atoms with E-state index in [9.17, 15) is 14.4 Å². The molecule has 0 radical (unpaired) electrons. The molecule has 2 N–H and O–H groups in total. The van der Waals surface area contributed by atoms with Gasteiger partial charge in [0, 0.05) is 36.8 Å². The number of nitrogens with one attached hydrogen (secondary N) is 2. The second-order valence-electron chi connectivity index (χ2n) is 10.0. The molecule has 9 heteroatoms. The number of ether oxygens (including phenoxy) is 2. The lowest BCUT2D eigenvalue weighted by molar-refractivity contribution is -0.121. The number of unbranched alkanes of at least 4 members (excludes halogenated alkanes) is 1. The molecule has 4 rings (SSSR count). The number of carbonyl (C=O) groups excluding carboxylic acids is 3. The maximum absolute atomic E-state index is 13.4. The summed E-state index contributed by atoms with van der Waals surface area (Å²) >= 11 is 6.44. The Bertz CT molecular complexity index is 1190. The average Bonchev–Trinajstić information content (AvgIpc) is 3.27. The fourth-order valence-electron chi connectivity index (χ4n) is 5.24. The van der Waals surface area contributed by atoms with Crippen LogP contribution in [0, 0.1) is 12.8 Å². The molecule has 1 saturated carbocycles. The number of hydrogen-bond acceptors (Lipinski definition) is 5. The van der Waals surface area contributed by atoms with Crippen LogP contribution < -0.4 is 15.4 Å². The zero-order valence-electron chi connectivity index (χ0n) is 22.3. The van der Waals surface area contributed by atoms with E-state index in [1.54, 1.807) is 13.2 Å². The highest BCUT2D eigenvalue weighted by molar-refractivity contribution is 6.34. The monoisotopic (exact) mass is 541 g/mol. The highest BCUT2D eigenvalue weighted by Gasteiger charge is 2.38. The first kappa shape index (κ1) is 27.8. The van der Waals surface area contributed by atoms with E-state index in [0.29, 0.717) is 36.6 Å². The number of rotatable bonds is 9. The molecule has 0 bridgehead atoms. The largest absolute Gasteiger partial charge is 0.496 e. The third-order valence-corrected chi connectivity index (χ3v) is 7.82. The van der Waals surface area contributed by atoms with E-state index in [2.05, 4.69) is 10.6 Å². The maximum atomic E-state index is 13.4. The third-order valence-electron chi connectivity index (χ3n) is 7.50. The zero-order valence-corrected chi connectivity index (χ0v) is 23.0. The molecule has 3 amide bonds. The summed E-state index contributed by atoms with van der Waals surface area (Å²) in [7, 11) is 1.61. The Kier molecular flexibility index (Phi) is 9.15. The Balaban J connectivity index is 1.35. The van der Waals surface area contributed by atoms with Gasteiger partial charge in [0.25, 0.3) is 5.91 Å². The van der Waals surface area contributed by atoms with Crippen molar-refractivity contribution in [2.75, 3.05) is 19.0 Å². The van der Waals surface area contributed by atoms with Crippen LogP contribution in [0.3, 0.4) is 0 Å². The standard InChI is InChI=1S/C29H36ClN3O5/c1-4-5-14-38-29(36)31-16-20-9-13-24(30)26-23(20)17-33(28(26)35)22-11-7-19(8-12-22)27(34)32-21-10-6-18(2)25(15-21)37-3/h6,9-10,13,15,19,22H,4-5,7-8,11-12,14,16-17H2,1-3H3,(H,31,36)(H,32,34). The number of fused-ring (bicyclic) bond motifs is 1. The molecule has 1 fully saturated rings. The van der Waals surface area contributed by atoms with E-state index in [0.717, 1.165) is 53.8 Å². The van der Waals surface area contributed by atoms with Gasteiger partial charge in [-0.2, -0.15) is 0 Å². The summed E-state index contributed by atoms with van der Waals surface area (Å²) in [5.74, 6) is 0.533. The molecule has 1 heterocycles. The first-order valence-electron chi connectivity index (χ1n) is 13.3. The lowest BCUT2D eigenvalue weighted by Gasteiger charge is -2.34. The second kappa shape index (κ2) is 12.5. The van der Waals surface area contributed by atoms with Gasteiger partial charge < -0.3 is 25.0 Å².